The van der Waals surface area contributed by atoms with Crippen molar-refractivity contribution in [1.29, 1.82) is 0 Å². The Bertz CT molecular complexity index is 943. The SMILES string of the molecule is Cc1nc(-c2cccnc2)ncc1C(=O)N(C/C=C/c1ccccc1)CCO. The first-order chi connectivity index (χ1) is 13.7. The van der Waals surface area contributed by atoms with Crippen LogP contribution in [-0.2, 0) is 0 Å². The number of pyridine rings is 1. The van der Waals surface area contributed by atoms with Crippen LogP contribution in [-0.4, -0.2) is 50.6 Å². The van der Waals surface area contributed by atoms with Gasteiger partial charge in [-0.05, 0) is 24.6 Å². The fourth-order valence-corrected chi connectivity index (χ4v) is 2.76. The number of aromatic nitrogens is 3. The number of amides is 1. The molecule has 0 aliphatic heterocycles. The van der Waals surface area contributed by atoms with E-state index in [0.717, 1.165) is 11.1 Å². The minimum absolute atomic E-state index is 0.113. The van der Waals surface area contributed by atoms with E-state index in [1.807, 2.05) is 54.6 Å². The summed E-state index contributed by atoms with van der Waals surface area (Å²) in [5.41, 5.74) is 2.87. The van der Waals surface area contributed by atoms with Crippen molar-refractivity contribution in [2.24, 2.45) is 0 Å². The maximum absolute atomic E-state index is 12.9. The number of carbonyl (C=O) groups is 1. The van der Waals surface area contributed by atoms with Crippen molar-refractivity contribution < 1.29 is 9.90 Å². The van der Waals surface area contributed by atoms with Crippen molar-refractivity contribution in [2.45, 2.75) is 6.92 Å². The maximum Gasteiger partial charge on any atom is 0.257 e. The molecule has 0 saturated carbocycles. The van der Waals surface area contributed by atoms with Crippen LogP contribution in [0.25, 0.3) is 17.5 Å². The second-order valence-corrected chi connectivity index (χ2v) is 6.22. The molecule has 0 aliphatic carbocycles. The van der Waals surface area contributed by atoms with Crippen molar-refractivity contribution in [3.8, 4) is 11.4 Å². The number of aliphatic hydroxyl groups excluding tert-OH is 1. The molecule has 0 aliphatic rings. The van der Waals surface area contributed by atoms with Gasteiger partial charge in [0.2, 0.25) is 0 Å². The van der Waals surface area contributed by atoms with Gasteiger partial charge in [0.25, 0.3) is 5.91 Å². The number of aliphatic hydroxyl groups is 1. The molecule has 2 heterocycles. The van der Waals surface area contributed by atoms with E-state index in [-0.39, 0.29) is 19.1 Å². The van der Waals surface area contributed by atoms with Crippen molar-refractivity contribution in [1.82, 2.24) is 19.9 Å². The average molecular weight is 374 g/mol. The molecule has 6 nitrogen and oxygen atoms in total. The molecule has 0 fully saturated rings. The average Bonchev–Trinajstić information content (AvgIpc) is 2.74. The molecule has 0 atom stereocenters. The highest BCUT2D eigenvalue weighted by molar-refractivity contribution is 5.95. The maximum atomic E-state index is 12.9. The zero-order valence-electron chi connectivity index (χ0n) is 15.7. The lowest BCUT2D eigenvalue weighted by Gasteiger charge is -2.20. The van der Waals surface area contributed by atoms with Crippen LogP contribution in [0.2, 0.25) is 0 Å². The molecule has 1 amide bonds. The van der Waals surface area contributed by atoms with Crippen LogP contribution in [0.1, 0.15) is 21.6 Å². The summed E-state index contributed by atoms with van der Waals surface area (Å²) < 4.78 is 0. The zero-order chi connectivity index (χ0) is 19.8. The minimum Gasteiger partial charge on any atom is -0.395 e. The topological polar surface area (TPSA) is 79.2 Å². The first-order valence-corrected chi connectivity index (χ1v) is 9.05. The number of nitrogens with zero attached hydrogens (tertiary/aromatic N) is 4. The lowest BCUT2D eigenvalue weighted by molar-refractivity contribution is 0.0741. The molecule has 142 valence electrons. The zero-order valence-corrected chi connectivity index (χ0v) is 15.7. The van der Waals surface area contributed by atoms with E-state index in [9.17, 15) is 9.90 Å². The Morgan fingerprint density at radius 2 is 1.96 bits per heavy atom. The van der Waals surface area contributed by atoms with Gasteiger partial charge in [-0.3, -0.25) is 9.78 Å². The highest BCUT2D eigenvalue weighted by Crippen LogP contribution is 2.16. The number of hydrogen-bond acceptors (Lipinski definition) is 5. The third-order valence-corrected chi connectivity index (χ3v) is 4.22. The monoisotopic (exact) mass is 374 g/mol. The molecule has 0 radical (unpaired) electrons. The quantitative estimate of drug-likeness (QED) is 0.688. The normalized spacial score (nSPS) is 10.9. The highest BCUT2D eigenvalue weighted by Gasteiger charge is 2.18. The van der Waals surface area contributed by atoms with Crippen LogP contribution in [0.5, 0.6) is 0 Å². The predicted molar refractivity (Wildman–Crippen MR) is 108 cm³/mol. The lowest BCUT2D eigenvalue weighted by atomic mass is 10.2. The summed E-state index contributed by atoms with van der Waals surface area (Å²) >= 11 is 0. The van der Waals surface area contributed by atoms with E-state index < -0.39 is 0 Å². The van der Waals surface area contributed by atoms with Crippen molar-refractivity contribution >= 4 is 12.0 Å². The second-order valence-electron chi connectivity index (χ2n) is 6.22. The van der Waals surface area contributed by atoms with Gasteiger partial charge in [-0.25, -0.2) is 9.97 Å². The van der Waals surface area contributed by atoms with Crippen LogP contribution in [0.15, 0.2) is 67.1 Å². The number of benzene rings is 1. The summed E-state index contributed by atoms with van der Waals surface area (Å²) in [6, 6.07) is 13.5. The molecular weight excluding hydrogens is 352 g/mol. The third kappa shape index (κ3) is 4.86. The fourth-order valence-electron chi connectivity index (χ4n) is 2.76. The molecule has 28 heavy (non-hydrogen) atoms. The van der Waals surface area contributed by atoms with Gasteiger partial charge >= 0.3 is 0 Å². The molecule has 1 aromatic carbocycles. The first kappa shape index (κ1) is 19.4. The fraction of sp³-hybridized carbons (Fsp3) is 0.182. The van der Waals surface area contributed by atoms with Gasteiger partial charge in [0.1, 0.15) is 0 Å². The summed E-state index contributed by atoms with van der Waals surface area (Å²) in [7, 11) is 0. The summed E-state index contributed by atoms with van der Waals surface area (Å²) in [5.74, 6) is 0.321. The van der Waals surface area contributed by atoms with Gasteiger partial charge < -0.3 is 10.0 Å². The van der Waals surface area contributed by atoms with E-state index in [1.54, 1.807) is 24.2 Å². The van der Waals surface area contributed by atoms with Gasteiger partial charge in [0, 0.05) is 37.2 Å². The summed E-state index contributed by atoms with van der Waals surface area (Å²) in [4.78, 5) is 27.4. The second kappa shape index (κ2) is 9.53. The Morgan fingerprint density at radius 3 is 2.64 bits per heavy atom. The number of hydrogen-bond donors (Lipinski definition) is 1. The van der Waals surface area contributed by atoms with Gasteiger partial charge in [-0.15, -0.1) is 0 Å². The van der Waals surface area contributed by atoms with Crippen molar-refractivity contribution in [3.63, 3.8) is 0 Å². The van der Waals surface area contributed by atoms with E-state index in [1.165, 1.54) is 6.20 Å². The Labute approximate surface area is 164 Å². The van der Waals surface area contributed by atoms with E-state index in [4.69, 9.17) is 0 Å². The standard InChI is InChI=1S/C22H22N4O2/c1-17-20(16-24-21(25-17)19-10-5-11-23-15-19)22(28)26(13-14-27)12-6-9-18-7-3-2-4-8-18/h2-11,15-16,27H,12-14H2,1H3/b9-6+. The molecule has 6 heteroatoms. The highest BCUT2D eigenvalue weighted by atomic mass is 16.3. The summed E-state index contributed by atoms with van der Waals surface area (Å²) in [6.45, 7) is 2.30. The molecule has 0 bridgehead atoms. The molecular formula is C22H22N4O2. The molecule has 1 N–H and O–H groups in total. The molecule has 2 aromatic heterocycles. The molecule has 0 saturated heterocycles. The lowest BCUT2D eigenvalue weighted by Crippen LogP contribution is -2.34. The Kier molecular flexibility index (Phi) is 6.59. The number of rotatable bonds is 7. The smallest absolute Gasteiger partial charge is 0.257 e. The minimum atomic E-state index is -0.206. The Morgan fingerprint density at radius 1 is 1.14 bits per heavy atom. The summed E-state index contributed by atoms with van der Waals surface area (Å²) in [6.07, 6.45) is 8.76. The van der Waals surface area contributed by atoms with E-state index >= 15 is 0 Å². The van der Waals surface area contributed by atoms with E-state index in [2.05, 4.69) is 15.0 Å². The van der Waals surface area contributed by atoms with Gasteiger partial charge in [0.15, 0.2) is 5.82 Å². The van der Waals surface area contributed by atoms with Crippen LogP contribution >= 0.6 is 0 Å². The van der Waals surface area contributed by atoms with Gasteiger partial charge in [0.05, 0.1) is 17.9 Å². The predicted octanol–water partition coefficient (Wildman–Crippen LogP) is 2.99. The largest absolute Gasteiger partial charge is 0.395 e. The van der Waals surface area contributed by atoms with Crippen LogP contribution < -0.4 is 0 Å². The molecule has 3 rings (SSSR count). The molecule has 0 unspecified atom stereocenters. The first-order valence-electron chi connectivity index (χ1n) is 9.05. The van der Waals surface area contributed by atoms with Crippen LogP contribution in [0, 0.1) is 6.92 Å². The van der Waals surface area contributed by atoms with E-state index in [0.29, 0.717) is 23.6 Å². The Balaban J connectivity index is 1.76. The molecule has 0 spiro atoms. The van der Waals surface area contributed by atoms with Crippen LogP contribution in [0.3, 0.4) is 0 Å². The van der Waals surface area contributed by atoms with Crippen molar-refractivity contribution in [2.75, 3.05) is 19.7 Å². The Hall–Kier alpha value is -3.38. The third-order valence-electron chi connectivity index (χ3n) is 4.22. The van der Waals surface area contributed by atoms with Crippen molar-refractivity contribution in [3.05, 3.63) is 84.0 Å². The van der Waals surface area contributed by atoms with Crippen LogP contribution in [0.4, 0.5) is 0 Å². The summed E-state index contributed by atoms with van der Waals surface area (Å²) in [5, 5.41) is 9.35. The number of carbonyl (C=O) groups excluding carboxylic acids is 1. The van der Waals surface area contributed by atoms with Gasteiger partial charge in [-0.2, -0.15) is 0 Å². The molecule has 3 aromatic rings. The number of aryl methyl sites for hydroxylation is 1. The van der Waals surface area contributed by atoms with Gasteiger partial charge in [-0.1, -0.05) is 42.5 Å².